The van der Waals surface area contributed by atoms with E-state index in [1.807, 2.05) is 13.8 Å². The Bertz CT molecular complexity index is 414. The number of hydrogen-bond acceptors (Lipinski definition) is 1. The van der Waals surface area contributed by atoms with Crippen LogP contribution in [0, 0.1) is 5.92 Å². The third kappa shape index (κ3) is 3.69. The van der Waals surface area contributed by atoms with Gasteiger partial charge in [-0.05, 0) is 28.5 Å². The van der Waals surface area contributed by atoms with Gasteiger partial charge in [-0.15, -0.1) is 0 Å². The lowest BCUT2D eigenvalue weighted by molar-refractivity contribution is -0.121. The Hall–Kier alpha value is -1.11. The van der Waals surface area contributed by atoms with Crippen LogP contribution in [0.15, 0.2) is 18.2 Å². The molecule has 0 unspecified atom stereocenters. The molecule has 1 aromatic rings. The Labute approximate surface area is 112 Å². The minimum Gasteiger partial charge on any atom is -0.299 e. The summed E-state index contributed by atoms with van der Waals surface area (Å²) in [5.41, 5.74) is 3.95. The van der Waals surface area contributed by atoms with Crippen LogP contribution in [0.4, 0.5) is 0 Å². The average Bonchev–Trinajstić information content (AvgIpc) is 2.28. The molecule has 0 radical (unpaired) electrons. The van der Waals surface area contributed by atoms with Gasteiger partial charge in [-0.3, -0.25) is 4.79 Å². The fourth-order valence-corrected chi connectivity index (χ4v) is 2.17. The summed E-state index contributed by atoms with van der Waals surface area (Å²) in [6.45, 7) is 12.8. The molecule has 1 nitrogen and oxygen atoms in total. The van der Waals surface area contributed by atoms with Gasteiger partial charge in [-0.1, -0.05) is 59.7 Å². The number of hydrogen-bond donors (Lipinski definition) is 0. The zero-order valence-corrected chi connectivity index (χ0v) is 12.6. The van der Waals surface area contributed by atoms with Gasteiger partial charge in [0, 0.05) is 12.3 Å². The third-order valence-electron chi connectivity index (χ3n) is 3.42. The normalized spacial score (nSPS) is 11.6. The maximum absolute atomic E-state index is 11.8. The number of Topliss-reactive ketones (excluding diaryl/α,β-unsaturated/α-hetero) is 1. The van der Waals surface area contributed by atoms with Crippen molar-refractivity contribution >= 4 is 5.78 Å². The molecule has 100 valence electrons. The van der Waals surface area contributed by atoms with Crippen molar-refractivity contribution < 1.29 is 4.79 Å². The largest absolute Gasteiger partial charge is 0.299 e. The average molecular weight is 246 g/mol. The van der Waals surface area contributed by atoms with Crippen molar-refractivity contribution in [1.29, 1.82) is 0 Å². The van der Waals surface area contributed by atoms with E-state index in [1.165, 1.54) is 11.1 Å². The van der Waals surface area contributed by atoms with Crippen molar-refractivity contribution in [3.63, 3.8) is 0 Å². The summed E-state index contributed by atoms with van der Waals surface area (Å²) >= 11 is 0. The Balaban J connectivity index is 3.04. The van der Waals surface area contributed by atoms with Crippen molar-refractivity contribution in [3.8, 4) is 0 Å². The number of ketones is 1. The Kier molecular flexibility index (Phi) is 5.13. The van der Waals surface area contributed by atoms with Crippen LogP contribution in [0.2, 0.25) is 0 Å². The summed E-state index contributed by atoms with van der Waals surface area (Å²) in [6, 6.07) is 6.53. The standard InChI is InChI=1S/C17H26O/c1-11(2)15-8-7-14(9-16(15)12(3)4)10-17(18)13(5)6/h7-9,11-13H,10H2,1-6H3. The highest BCUT2D eigenvalue weighted by Crippen LogP contribution is 2.27. The molecule has 0 saturated carbocycles. The molecule has 1 aromatic carbocycles. The highest BCUT2D eigenvalue weighted by molar-refractivity contribution is 5.82. The van der Waals surface area contributed by atoms with Crippen LogP contribution in [0.1, 0.15) is 70.1 Å². The van der Waals surface area contributed by atoms with E-state index < -0.39 is 0 Å². The molecule has 1 rings (SSSR count). The van der Waals surface area contributed by atoms with Gasteiger partial charge >= 0.3 is 0 Å². The van der Waals surface area contributed by atoms with Gasteiger partial charge in [0.1, 0.15) is 5.78 Å². The van der Waals surface area contributed by atoms with Crippen LogP contribution in [-0.2, 0) is 11.2 Å². The van der Waals surface area contributed by atoms with Crippen molar-refractivity contribution in [1.82, 2.24) is 0 Å². The minimum atomic E-state index is 0.122. The molecule has 0 heterocycles. The van der Waals surface area contributed by atoms with Crippen LogP contribution < -0.4 is 0 Å². The first-order chi connectivity index (χ1) is 8.32. The quantitative estimate of drug-likeness (QED) is 0.736. The van der Waals surface area contributed by atoms with E-state index in [2.05, 4.69) is 45.9 Å². The van der Waals surface area contributed by atoms with Gasteiger partial charge in [-0.2, -0.15) is 0 Å². The van der Waals surface area contributed by atoms with Crippen LogP contribution in [-0.4, -0.2) is 5.78 Å². The zero-order valence-electron chi connectivity index (χ0n) is 12.6. The number of benzene rings is 1. The molecule has 0 aromatic heterocycles. The van der Waals surface area contributed by atoms with Crippen molar-refractivity contribution in [2.45, 2.75) is 59.8 Å². The van der Waals surface area contributed by atoms with Crippen LogP contribution in [0.25, 0.3) is 0 Å². The molecule has 0 atom stereocenters. The second-order valence-electron chi connectivity index (χ2n) is 6.07. The molecule has 0 bridgehead atoms. The van der Waals surface area contributed by atoms with Gasteiger partial charge < -0.3 is 0 Å². The van der Waals surface area contributed by atoms with E-state index in [0.29, 0.717) is 24.0 Å². The summed E-state index contributed by atoms with van der Waals surface area (Å²) in [5.74, 6) is 1.49. The topological polar surface area (TPSA) is 17.1 Å². The van der Waals surface area contributed by atoms with E-state index in [9.17, 15) is 4.79 Å². The molecule has 0 aliphatic rings. The highest BCUT2D eigenvalue weighted by atomic mass is 16.1. The molecule has 0 aliphatic carbocycles. The summed E-state index contributed by atoms with van der Waals surface area (Å²) in [6.07, 6.45) is 0.565. The Morgan fingerprint density at radius 1 is 0.944 bits per heavy atom. The second-order valence-corrected chi connectivity index (χ2v) is 6.07. The summed E-state index contributed by atoms with van der Waals surface area (Å²) in [4.78, 5) is 11.8. The first kappa shape index (κ1) is 14.9. The lowest BCUT2D eigenvalue weighted by atomic mass is 9.88. The second kappa shape index (κ2) is 6.17. The molecule has 0 saturated heterocycles. The van der Waals surface area contributed by atoms with Crippen molar-refractivity contribution in [2.75, 3.05) is 0 Å². The molecular weight excluding hydrogens is 220 g/mol. The van der Waals surface area contributed by atoms with Crippen LogP contribution in [0.5, 0.6) is 0 Å². The molecule has 1 heteroatoms. The van der Waals surface area contributed by atoms with Gasteiger partial charge in [0.25, 0.3) is 0 Å². The SMILES string of the molecule is CC(C)C(=O)Cc1ccc(C(C)C)c(C(C)C)c1. The monoisotopic (exact) mass is 246 g/mol. The maximum Gasteiger partial charge on any atom is 0.139 e. The molecular formula is C17H26O. The van der Waals surface area contributed by atoms with Gasteiger partial charge in [0.2, 0.25) is 0 Å². The minimum absolute atomic E-state index is 0.122. The third-order valence-corrected chi connectivity index (χ3v) is 3.42. The first-order valence-electron chi connectivity index (χ1n) is 6.98. The maximum atomic E-state index is 11.8. The van der Waals surface area contributed by atoms with E-state index in [4.69, 9.17) is 0 Å². The predicted octanol–water partition coefficient (Wildman–Crippen LogP) is 4.70. The smallest absolute Gasteiger partial charge is 0.139 e. The molecule has 0 amide bonds. The predicted molar refractivity (Wildman–Crippen MR) is 78.2 cm³/mol. The van der Waals surface area contributed by atoms with Crippen LogP contribution >= 0.6 is 0 Å². The molecule has 0 fully saturated rings. The fourth-order valence-electron chi connectivity index (χ4n) is 2.17. The van der Waals surface area contributed by atoms with E-state index in [-0.39, 0.29) is 5.92 Å². The molecule has 0 N–H and O–H groups in total. The van der Waals surface area contributed by atoms with E-state index >= 15 is 0 Å². The summed E-state index contributed by atoms with van der Waals surface area (Å²) in [5, 5.41) is 0. The Morgan fingerprint density at radius 2 is 1.50 bits per heavy atom. The van der Waals surface area contributed by atoms with Crippen molar-refractivity contribution in [2.24, 2.45) is 5.92 Å². The van der Waals surface area contributed by atoms with E-state index in [1.54, 1.807) is 0 Å². The molecule has 18 heavy (non-hydrogen) atoms. The van der Waals surface area contributed by atoms with Gasteiger partial charge in [0.15, 0.2) is 0 Å². The number of carbonyl (C=O) groups excluding carboxylic acids is 1. The Morgan fingerprint density at radius 3 is 1.94 bits per heavy atom. The van der Waals surface area contributed by atoms with Gasteiger partial charge in [-0.25, -0.2) is 0 Å². The van der Waals surface area contributed by atoms with Crippen LogP contribution in [0.3, 0.4) is 0 Å². The first-order valence-corrected chi connectivity index (χ1v) is 6.98. The van der Waals surface area contributed by atoms with Gasteiger partial charge in [0.05, 0.1) is 0 Å². The fraction of sp³-hybridized carbons (Fsp3) is 0.588. The zero-order chi connectivity index (χ0) is 13.9. The lowest BCUT2D eigenvalue weighted by Gasteiger charge is -2.17. The molecule has 0 aliphatic heterocycles. The summed E-state index contributed by atoms with van der Waals surface area (Å²) in [7, 11) is 0. The van der Waals surface area contributed by atoms with Crippen molar-refractivity contribution in [3.05, 3.63) is 34.9 Å². The molecule has 0 spiro atoms. The van der Waals surface area contributed by atoms with E-state index in [0.717, 1.165) is 5.56 Å². The lowest BCUT2D eigenvalue weighted by Crippen LogP contribution is -2.11. The highest BCUT2D eigenvalue weighted by Gasteiger charge is 2.13. The number of carbonyl (C=O) groups is 1. The summed E-state index contributed by atoms with van der Waals surface area (Å²) < 4.78 is 0. The number of rotatable bonds is 5.